The van der Waals surface area contributed by atoms with Crippen LogP contribution in [0.5, 0.6) is 0 Å². The Labute approximate surface area is 116 Å². The number of carbonyl (C=O) groups excluding carboxylic acids is 1. The topological polar surface area (TPSA) is 46.1 Å². The molecule has 1 fully saturated rings. The maximum Gasteiger partial charge on any atom is 0.254 e. The van der Waals surface area contributed by atoms with Crippen molar-refractivity contribution in [2.75, 3.05) is 0 Å². The van der Waals surface area contributed by atoms with Crippen molar-refractivity contribution in [2.45, 2.75) is 25.4 Å². The summed E-state index contributed by atoms with van der Waals surface area (Å²) in [5.74, 6) is -0.802. The molecule has 1 saturated carbocycles. The molecule has 4 nitrogen and oxygen atoms in total. The Morgan fingerprint density at radius 3 is 2.75 bits per heavy atom. The molecule has 2 aromatic heterocycles. The highest BCUT2D eigenvalue weighted by molar-refractivity contribution is 5.94. The summed E-state index contributed by atoms with van der Waals surface area (Å²) in [6.07, 6.45) is 5.00. The summed E-state index contributed by atoms with van der Waals surface area (Å²) >= 11 is 0. The first-order valence-corrected chi connectivity index (χ1v) is 6.56. The fourth-order valence-electron chi connectivity index (χ4n) is 2.12. The Hall–Kier alpha value is -2.30. The van der Waals surface area contributed by atoms with Gasteiger partial charge in [-0.25, -0.2) is 4.98 Å². The fourth-order valence-corrected chi connectivity index (χ4v) is 2.12. The van der Waals surface area contributed by atoms with E-state index in [1.165, 1.54) is 12.3 Å². The molecule has 3 rings (SSSR count). The van der Waals surface area contributed by atoms with Crippen LogP contribution in [0.25, 0.3) is 0 Å². The van der Waals surface area contributed by atoms with Crippen LogP contribution in [0.3, 0.4) is 0 Å². The van der Waals surface area contributed by atoms with Gasteiger partial charge in [-0.1, -0.05) is 6.07 Å². The van der Waals surface area contributed by atoms with Gasteiger partial charge in [0, 0.05) is 30.1 Å². The number of rotatable bonds is 4. The summed E-state index contributed by atoms with van der Waals surface area (Å²) in [5, 5.41) is 0. The summed E-state index contributed by atoms with van der Waals surface area (Å²) in [5.41, 5.74) is 1.17. The van der Waals surface area contributed by atoms with Gasteiger partial charge in [-0.15, -0.1) is 0 Å². The standard InChI is InChI=1S/C15H14FN3O/c16-14-9-11(6-8-18-14)15(20)19(13-4-5-13)10-12-3-1-2-7-17-12/h1-3,6-9,13H,4-5,10H2. The molecule has 0 aliphatic heterocycles. The molecule has 0 unspecified atom stereocenters. The molecule has 0 aromatic carbocycles. The molecule has 20 heavy (non-hydrogen) atoms. The molecule has 0 spiro atoms. The second kappa shape index (κ2) is 5.36. The highest BCUT2D eigenvalue weighted by atomic mass is 19.1. The van der Waals surface area contributed by atoms with Crippen LogP contribution in [-0.4, -0.2) is 26.8 Å². The third kappa shape index (κ3) is 2.82. The van der Waals surface area contributed by atoms with Crippen molar-refractivity contribution in [3.63, 3.8) is 0 Å². The minimum Gasteiger partial charge on any atom is -0.330 e. The number of hydrogen-bond donors (Lipinski definition) is 0. The van der Waals surface area contributed by atoms with Crippen molar-refractivity contribution >= 4 is 5.91 Å². The first kappa shape index (κ1) is 12.7. The molecule has 0 bridgehead atoms. The molecule has 0 radical (unpaired) electrons. The molecule has 1 aliphatic rings. The Balaban J connectivity index is 1.82. The van der Waals surface area contributed by atoms with E-state index in [-0.39, 0.29) is 11.9 Å². The number of pyridine rings is 2. The Kier molecular flexibility index (Phi) is 3.41. The summed E-state index contributed by atoms with van der Waals surface area (Å²) in [7, 11) is 0. The van der Waals surface area contributed by atoms with Gasteiger partial charge < -0.3 is 4.90 Å². The molecule has 0 atom stereocenters. The summed E-state index contributed by atoms with van der Waals surface area (Å²) in [6, 6.07) is 8.57. The van der Waals surface area contributed by atoms with E-state index in [1.807, 2.05) is 18.2 Å². The van der Waals surface area contributed by atoms with Crippen molar-refractivity contribution in [3.05, 3.63) is 59.9 Å². The van der Waals surface area contributed by atoms with Gasteiger partial charge in [0.25, 0.3) is 5.91 Å². The molecular formula is C15H14FN3O. The summed E-state index contributed by atoms with van der Waals surface area (Å²) in [4.78, 5) is 22.0. The zero-order valence-electron chi connectivity index (χ0n) is 10.9. The van der Waals surface area contributed by atoms with Crippen LogP contribution in [0.1, 0.15) is 28.9 Å². The number of carbonyl (C=O) groups is 1. The van der Waals surface area contributed by atoms with Crippen LogP contribution in [0.4, 0.5) is 4.39 Å². The predicted octanol–water partition coefficient (Wildman–Crippen LogP) is 2.42. The van der Waals surface area contributed by atoms with Crippen LogP contribution in [-0.2, 0) is 6.54 Å². The monoisotopic (exact) mass is 271 g/mol. The van der Waals surface area contributed by atoms with E-state index in [1.54, 1.807) is 17.2 Å². The fraction of sp³-hybridized carbons (Fsp3) is 0.267. The average molecular weight is 271 g/mol. The van der Waals surface area contributed by atoms with E-state index in [0.717, 1.165) is 18.5 Å². The smallest absolute Gasteiger partial charge is 0.254 e. The van der Waals surface area contributed by atoms with E-state index in [2.05, 4.69) is 9.97 Å². The zero-order valence-corrected chi connectivity index (χ0v) is 10.9. The number of nitrogens with zero attached hydrogens (tertiary/aromatic N) is 3. The molecule has 0 N–H and O–H groups in total. The van der Waals surface area contributed by atoms with Crippen molar-refractivity contribution < 1.29 is 9.18 Å². The van der Waals surface area contributed by atoms with Crippen LogP contribution in [0.2, 0.25) is 0 Å². The second-order valence-corrected chi connectivity index (χ2v) is 4.85. The quantitative estimate of drug-likeness (QED) is 0.802. The van der Waals surface area contributed by atoms with E-state index in [9.17, 15) is 9.18 Å². The normalized spacial score (nSPS) is 14.1. The minimum atomic E-state index is -0.635. The number of amides is 1. The van der Waals surface area contributed by atoms with Gasteiger partial charge in [-0.05, 0) is 31.0 Å². The van der Waals surface area contributed by atoms with Crippen molar-refractivity contribution in [1.82, 2.24) is 14.9 Å². The number of aromatic nitrogens is 2. The lowest BCUT2D eigenvalue weighted by Gasteiger charge is -2.22. The lowest BCUT2D eigenvalue weighted by molar-refractivity contribution is 0.0727. The maximum absolute atomic E-state index is 13.1. The summed E-state index contributed by atoms with van der Waals surface area (Å²) < 4.78 is 13.1. The van der Waals surface area contributed by atoms with Gasteiger partial charge in [0.1, 0.15) is 0 Å². The Morgan fingerprint density at radius 2 is 2.10 bits per heavy atom. The molecule has 2 heterocycles. The first-order valence-electron chi connectivity index (χ1n) is 6.56. The largest absolute Gasteiger partial charge is 0.330 e. The van der Waals surface area contributed by atoms with Gasteiger partial charge in [0.05, 0.1) is 12.2 Å². The molecule has 102 valence electrons. The van der Waals surface area contributed by atoms with Gasteiger partial charge >= 0.3 is 0 Å². The van der Waals surface area contributed by atoms with Gasteiger partial charge in [-0.2, -0.15) is 4.39 Å². The maximum atomic E-state index is 13.1. The third-order valence-electron chi connectivity index (χ3n) is 3.28. The van der Waals surface area contributed by atoms with E-state index in [4.69, 9.17) is 0 Å². The SMILES string of the molecule is O=C(c1ccnc(F)c1)N(Cc1ccccn1)C1CC1. The summed E-state index contributed by atoms with van der Waals surface area (Å²) in [6.45, 7) is 0.453. The van der Waals surface area contributed by atoms with Crippen molar-refractivity contribution in [2.24, 2.45) is 0 Å². The lowest BCUT2D eigenvalue weighted by Crippen LogP contribution is -2.33. The van der Waals surface area contributed by atoms with Gasteiger partial charge in [0.2, 0.25) is 5.95 Å². The van der Waals surface area contributed by atoms with Crippen LogP contribution in [0.15, 0.2) is 42.7 Å². The van der Waals surface area contributed by atoms with Crippen molar-refractivity contribution in [3.8, 4) is 0 Å². The predicted molar refractivity (Wildman–Crippen MR) is 71.3 cm³/mol. The molecule has 2 aromatic rings. The highest BCUT2D eigenvalue weighted by Crippen LogP contribution is 2.29. The molecule has 5 heteroatoms. The zero-order chi connectivity index (χ0) is 13.9. The molecule has 1 amide bonds. The minimum absolute atomic E-state index is 0.167. The number of halogens is 1. The molecule has 0 saturated heterocycles. The van der Waals surface area contributed by atoms with Crippen LogP contribution >= 0.6 is 0 Å². The third-order valence-corrected chi connectivity index (χ3v) is 3.28. The van der Waals surface area contributed by atoms with Crippen LogP contribution < -0.4 is 0 Å². The first-order chi connectivity index (χ1) is 9.74. The van der Waals surface area contributed by atoms with Crippen molar-refractivity contribution in [1.29, 1.82) is 0 Å². The van der Waals surface area contributed by atoms with E-state index < -0.39 is 5.95 Å². The average Bonchev–Trinajstić information content (AvgIpc) is 3.30. The second-order valence-electron chi connectivity index (χ2n) is 4.85. The lowest BCUT2D eigenvalue weighted by atomic mass is 10.2. The Morgan fingerprint density at radius 1 is 1.25 bits per heavy atom. The van der Waals surface area contributed by atoms with Gasteiger partial charge in [0.15, 0.2) is 0 Å². The van der Waals surface area contributed by atoms with E-state index in [0.29, 0.717) is 12.1 Å². The van der Waals surface area contributed by atoms with E-state index >= 15 is 0 Å². The number of hydrogen-bond acceptors (Lipinski definition) is 3. The Bertz CT molecular complexity index is 614. The van der Waals surface area contributed by atoms with Gasteiger partial charge in [-0.3, -0.25) is 9.78 Å². The molecule has 1 aliphatic carbocycles. The molecular weight excluding hydrogens is 257 g/mol. The highest BCUT2D eigenvalue weighted by Gasteiger charge is 2.33. The van der Waals surface area contributed by atoms with Crippen LogP contribution in [0, 0.1) is 5.95 Å².